The average Bonchev–Trinajstić information content (AvgIpc) is 4.09. The minimum absolute atomic E-state index is 0.0104. The number of aromatic nitrogens is 3. The molecule has 16 heteroatoms. The van der Waals surface area contributed by atoms with Crippen LogP contribution in [0.3, 0.4) is 0 Å². The lowest BCUT2D eigenvalue weighted by Crippen LogP contribution is -2.53. The second kappa shape index (κ2) is 18.5. The highest BCUT2D eigenvalue weighted by molar-refractivity contribution is 6.27. The van der Waals surface area contributed by atoms with E-state index >= 15 is 8.78 Å². The van der Waals surface area contributed by atoms with Gasteiger partial charge in [-0.15, -0.1) is 0 Å². The molecule has 4 saturated heterocycles. The molecule has 1 saturated carbocycles. The molecule has 1 unspecified atom stereocenters. The van der Waals surface area contributed by atoms with Crippen LogP contribution in [0, 0.1) is 23.0 Å². The molecule has 2 aromatic heterocycles. The second-order valence-corrected chi connectivity index (χ2v) is 22.1. The molecule has 5 fully saturated rings. The molecule has 1 aliphatic carbocycles. The van der Waals surface area contributed by atoms with Gasteiger partial charge in [0.1, 0.15) is 34.6 Å². The summed E-state index contributed by atoms with van der Waals surface area (Å²) in [5.41, 5.74) is 2.23. The van der Waals surface area contributed by atoms with Crippen molar-refractivity contribution in [2.45, 2.75) is 102 Å². The van der Waals surface area contributed by atoms with Crippen LogP contribution in [-0.2, 0) is 16.0 Å². The van der Waals surface area contributed by atoms with Gasteiger partial charge in [0.15, 0.2) is 5.82 Å². The number of carbonyl (C=O) groups excluding carboxylic acids is 3. The molecule has 0 spiro atoms. The number of pyridine rings is 1. The summed E-state index contributed by atoms with van der Waals surface area (Å²) < 4.78 is 38.8. The molecule has 3 N–H and O–H groups in total. The highest BCUT2D eigenvalue weighted by atomic mass is 19.1. The molecule has 0 radical (unpaired) electrons. The fraction of sp³-hybridized carbons (Fsp3) is 0.474. The van der Waals surface area contributed by atoms with Gasteiger partial charge in [-0.05, 0) is 167 Å². The summed E-state index contributed by atoms with van der Waals surface area (Å²) in [6.07, 6.45) is 10.1. The largest absolute Gasteiger partial charge is 0.508 e. The number of fused-ring (bicyclic) bond motifs is 2. The van der Waals surface area contributed by atoms with Crippen molar-refractivity contribution in [2.24, 2.45) is 11.3 Å². The molecular weight excluding hydrogens is 931 g/mol. The Morgan fingerprint density at radius 1 is 0.863 bits per heavy atom. The zero-order chi connectivity index (χ0) is 50.3. The summed E-state index contributed by atoms with van der Waals surface area (Å²) in [5, 5.41) is 27.7. The number of piperidine rings is 4. The van der Waals surface area contributed by atoms with Crippen molar-refractivity contribution in [3.05, 3.63) is 89.1 Å². The van der Waals surface area contributed by atoms with Crippen molar-refractivity contribution in [2.75, 3.05) is 68.8 Å². The molecule has 4 aromatic carbocycles. The van der Waals surface area contributed by atoms with E-state index in [2.05, 4.69) is 32.2 Å². The fourth-order valence-electron chi connectivity index (χ4n) is 12.9. The van der Waals surface area contributed by atoms with Gasteiger partial charge in [-0.25, -0.2) is 8.78 Å². The molecule has 73 heavy (non-hydrogen) atoms. The number of imide groups is 1. The number of ether oxygens (including phenoxy) is 1. The average molecular weight is 993 g/mol. The maximum absolute atomic E-state index is 17.2. The van der Waals surface area contributed by atoms with E-state index < -0.39 is 29.2 Å². The SMILES string of the molecule is CCc1c(F)ccc2cc(O)cc(-c3ncc4c(N5CCC[C@@](C)(O)C5)nc(OCC5(CN6CCC(CN7CCC(c8ccc9c%10c(cccc8%10)C(=O)N9C8CCC(=O)NC8=O)CC7)CC6)CC5)nc4c3F)c12. The molecule has 6 aromatic rings. The lowest BCUT2D eigenvalue weighted by atomic mass is 9.85. The van der Waals surface area contributed by atoms with Crippen LogP contribution in [0.5, 0.6) is 11.8 Å². The van der Waals surface area contributed by atoms with Gasteiger partial charge in [0, 0.05) is 60.7 Å². The number of likely N-dealkylation sites (tertiary alicyclic amines) is 2. The van der Waals surface area contributed by atoms with Gasteiger partial charge in [0.2, 0.25) is 11.8 Å². The van der Waals surface area contributed by atoms with E-state index in [1.165, 1.54) is 23.9 Å². The highest BCUT2D eigenvalue weighted by Gasteiger charge is 2.46. The number of nitrogens with zero attached hydrogens (tertiary/aromatic N) is 7. The van der Waals surface area contributed by atoms with Gasteiger partial charge in [-0.3, -0.25) is 29.6 Å². The van der Waals surface area contributed by atoms with Crippen LogP contribution in [0.25, 0.3) is 43.7 Å². The number of aryl methyl sites for hydroxylation is 1. The zero-order valence-corrected chi connectivity index (χ0v) is 41.6. The van der Waals surface area contributed by atoms with Gasteiger partial charge in [0.05, 0.1) is 23.3 Å². The first-order valence-corrected chi connectivity index (χ1v) is 26.3. The molecule has 7 heterocycles. The first kappa shape index (κ1) is 47.6. The normalized spacial score (nSPS) is 23.0. The Bertz CT molecular complexity index is 3220. The predicted molar refractivity (Wildman–Crippen MR) is 275 cm³/mol. The van der Waals surface area contributed by atoms with Crippen LogP contribution < -0.4 is 19.9 Å². The van der Waals surface area contributed by atoms with Crippen molar-refractivity contribution < 1.29 is 38.1 Å². The number of amides is 3. The molecule has 380 valence electrons. The van der Waals surface area contributed by atoms with E-state index in [1.807, 2.05) is 30.0 Å². The summed E-state index contributed by atoms with van der Waals surface area (Å²) in [7, 11) is 0. The Hall–Kier alpha value is -6.36. The second-order valence-electron chi connectivity index (χ2n) is 22.1. The molecule has 3 amide bonds. The third-order valence-electron chi connectivity index (χ3n) is 16.9. The van der Waals surface area contributed by atoms with E-state index in [-0.39, 0.29) is 52.2 Å². The Morgan fingerprint density at radius 2 is 1.66 bits per heavy atom. The number of hydrogen-bond donors (Lipinski definition) is 3. The van der Waals surface area contributed by atoms with Gasteiger partial charge in [-0.1, -0.05) is 31.2 Å². The number of aliphatic hydroxyl groups is 1. The number of anilines is 2. The monoisotopic (exact) mass is 992 g/mol. The van der Waals surface area contributed by atoms with Gasteiger partial charge < -0.3 is 29.6 Å². The number of carbonyl (C=O) groups is 3. The van der Waals surface area contributed by atoms with Crippen molar-refractivity contribution in [1.29, 1.82) is 0 Å². The van der Waals surface area contributed by atoms with E-state index in [9.17, 15) is 24.6 Å². The number of aromatic hydroxyl groups is 1. The summed E-state index contributed by atoms with van der Waals surface area (Å²) >= 11 is 0. The number of β-amino-alcohol motifs (C(OH)–C–C–N with tert-alkyl or cyclic N) is 1. The standard InChI is InChI=1S/C57H62F2N8O6/c1-3-37-43(58)10-8-35-26-36(68)27-41(47(35)37)50-49(59)51-42(28-60-50)52(66-21-5-18-56(2,72)30-66)63-55(62-51)73-32-57(19-20-57)31-65-22-14-33(15-23-65)29-64-24-16-34(17-25-64)38-9-11-44-48-39(38)6-4-7-40(48)54(71)67(44)45-12-13-46(69)61-53(45)70/h4,6-11,26-28,33-34,45,68,72H,3,5,12-25,29-32H2,1-2H3,(H,61,69,70)/t45?,56-/m1/s1. The van der Waals surface area contributed by atoms with Crippen LogP contribution in [0.2, 0.25) is 0 Å². The number of phenols is 1. The van der Waals surface area contributed by atoms with Crippen LogP contribution in [0.4, 0.5) is 20.3 Å². The number of halogens is 2. The number of hydrogen-bond acceptors (Lipinski definition) is 12. The van der Waals surface area contributed by atoms with E-state index in [1.54, 1.807) is 24.0 Å². The van der Waals surface area contributed by atoms with E-state index in [0.717, 1.165) is 101 Å². The molecule has 12 rings (SSSR count). The van der Waals surface area contributed by atoms with Crippen LogP contribution in [0.15, 0.2) is 60.8 Å². The summed E-state index contributed by atoms with van der Waals surface area (Å²) in [4.78, 5) is 61.4. The van der Waals surface area contributed by atoms with Crippen molar-refractivity contribution in [3.63, 3.8) is 0 Å². The predicted octanol–water partition coefficient (Wildman–Crippen LogP) is 8.41. The number of rotatable bonds is 12. The minimum atomic E-state index is -0.969. The first-order chi connectivity index (χ1) is 35.2. The lowest BCUT2D eigenvalue weighted by molar-refractivity contribution is -0.134. The first-order valence-electron chi connectivity index (χ1n) is 26.3. The van der Waals surface area contributed by atoms with Crippen molar-refractivity contribution in [3.8, 4) is 23.0 Å². The van der Waals surface area contributed by atoms with Crippen LogP contribution in [-0.4, -0.2) is 123 Å². The summed E-state index contributed by atoms with van der Waals surface area (Å²) in [6, 6.07) is 15.3. The fourth-order valence-corrected chi connectivity index (χ4v) is 12.9. The molecule has 6 aliphatic rings. The maximum atomic E-state index is 17.2. The third kappa shape index (κ3) is 8.82. The summed E-state index contributed by atoms with van der Waals surface area (Å²) in [6.45, 7) is 10.9. The van der Waals surface area contributed by atoms with Crippen LogP contribution in [0.1, 0.15) is 105 Å². The smallest absolute Gasteiger partial charge is 0.319 e. The van der Waals surface area contributed by atoms with E-state index in [4.69, 9.17) is 14.7 Å². The molecular formula is C57H62F2N8O6. The summed E-state index contributed by atoms with van der Waals surface area (Å²) in [5.74, 6) is -0.701. The Labute approximate surface area is 422 Å². The number of phenolic OH excluding ortho intramolecular Hbond substituents is 1. The maximum Gasteiger partial charge on any atom is 0.319 e. The van der Waals surface area contributed by atoms with Gasteiger partial charge in [-0.2, -0.15) is 9.97 Å². The molecule has 0 bridgehead atoms. The highest BCUT2D eigenvalue weighted by Crippen LogP contribution is 2.48. The molecule has 5 aliphatic heterocycles. The van der Waals surface area contributed by atoms with Crippen molar-refractivity contribution >= 4 is 61.7 Å². The Balaban J connectivity index is 0.697. The van der Waals surface area contributed by atoms with Crippen molar-refractivity contribution in [1.82, 2.24) is 30.1 Å². The van der Waals surface area contributed by atoms with Gasteiger partial charge >= 0.3 is 6.01 Å². The quantitative estimate of drug-likeness (QED) is 0.101. The Morgan fingerprint density at radius 3 is 2.41 bits per heavy atom. The minimum Gasteiger partial charge on any atom is -0.508 e. The van der Waals surface area contributed by atoms with E-state index in [0.29, 0.717) is 83.9 Å². The lowest BCUT2D eigenvalue weighted by Gasteiger charge is -2.39. The Kier molecular flexibility index (Phi) is 12.1. The topological polar surface area (TPSA) is 165 Å². The van der Waals surface area contributed by atoms with Crippen LogP contribution >= 0.6 is 0 Å². The number of benzene rings is 4. The number of nitrogens with one attached hydrogen (secondary N) is 1. The molecule has 14 nitrogen and oxygen atoms in total. The van der Waals surface area contributed by atoms with Gasteiger partial charge in [0.25, 0.3) is 5.91 Å². The third-order valence-corrected chi connectivity index (χ3v) is 16.9. The molecule has 2 atom stereocenters. The zero-order valence-electron chi connectivity index (χ0n) is 41.6.